The van der Waals surface area contributed by atoms with E-state index in [-0.39, 0.29) is 11.9 Å². The summed E-state index contributed by atoms with van der Waals surface area (Å²) >= 11 is 1.65. The summed E-state index contributed by atoms with van der Waals surface area (Å²) in [4.78, 5) is 24.4. The van der Waals surface area contributed by atoms with Crippen molar-refractivity contribution in [3.8, 4) is 0 Å². The van der Waals surface area contributed by atoms with Crippen molar-refractivity contribution in [1.29, 1.82) is 0 Å². The molecule has 0 radical (unpaired) electrons. The van der Waals surface area contributed by atoms with Crippen LogP contribution in [-0.4, -0.2) is 47.0 Å². The minimum absolute atomic E-state index is 0.0873. The van der Waals surface area contributed by atoms with Gasteiger partial charge >= 0.3 is 5.97 Å². The van der Waals surface area contributed by atoms with Crippen LogP contribution in [-0.2, 0) is 9.59 Å². The van der Waals surface area contributed by atoms with Crippen molar-refractivity contribution in [2.24, 2.45) is 5.41 Å². The zero-order valence-corrected chi connectivity index (χ0v) is 10.1. The molecule has 1 aliphatic rings. The molecule has 1 N–H and O–H groups in total. The summed E-state index contributed by atoms with van der Waals surface area (Å²) in [6.07, 6.45) is 2.94. The van der Waals surface area contributed by atoms with Crippen molar-refractivity contribution in [2.45, 2.75) is 25.8 Å². The van der Waals surface area contributed by atoms with E-state index in [0.29, 0.717) is 12.8 Å². The van der Waals surface area contributed by atoms with Crippen molar-refractivity contribution in [3.63, 3.8) is 0 Å². The Hall–Kier alpha value is -0.710. The number of hydrogen-bond acceptors (Lipinski definition) is 3. The van der Waals surface area contributed by atoms with Crippen molar-refractivity contribution < 1.29 is 14.7 Å². The molecule has 86 valence electrons. The van der Waals surface area contributed by atoms with Crippen LogP contribution in [0.3, 0.4) is 0 Å². The van der Waals surface area contributed by atoms with Gasteiger partial charge in [-0.15, -0.1) is 0 Å². The van der Waals surface area contributed by atoms with Crippen LogP contribution in [0, 0.1) is 5.41 Å². The third-order valence-corrected chi connectivity index (χ3v) is 3.77. The van der Waals surface area contributed by atoms with Crippen LogP contribution in [0.25, 0.3) is 0 Å². The van der Waals surface area contributed by atoms with Gasteiger partial charge in [-0.05, 0) is 26.0 Å². The first kappa shape index (κ1) is 12.4. The summed E-state index contributed by atoms with van der Waals surface area (Å²) in [7, 11) is 1.69. The van der Waals surface area contributed by atoms with E-state index in [4.69, 9.17) is 5.11 Å². The van der Waals surface area contributed by atoms with Crippen LogP contribution in [0.4, 0.5) is 0 Å². The Bertz CT molecular complexity index is 276. The largest absolute Gasteiger partial charge is 0.480 e. The predicted molar refractivity (Wildman–Crippen MR) is 59.9 cm³/mol. The normalized spacial score (nSPS) is 19.4. The minimum Gasteiger partial charge on any atom is -0.480 e. The minimum atomic E-state index is -1.10. The van der Waals surface area contributed by atoms with E-state index in [1.165, 1.54) is 0 Å². The molecule has 1 aliphatic carbocycles. The third kappa shape index (κ3) is 2.27. The monoisotopic (exact) mass is 231 g/mol. The van der Waals surface area contributed by atoms with E-state index >= 15 is 0 Å². The number of hydrogen-bond donors (Lipinski definition) is 1. The molecule has 0 aromatic heterocycles. The highest BCUT2D eigenvalue weighted by Gasteiger charge is 2.58. The Morgan fingerprint density at radius 1 is 1.53 bits per heavy atom. The van der Waals surface area contributed by atoms with Gasteiger partial charge < -0.3 is 10.0 Å². The molecule has 0 aromatic rings. The van der Waals surface area contributed by atoms with E-state index in [1.54, 1.807) is 23.7 Å². The van der Waals surface area contributed by atoms with E-state index in [9.17, 15) is 9.59 Å². The van der Waals surface area contributed by atoms with Crippen molar-refractivity contribution in [2.75, 3.05) is 19.1 Å². The number of nitrogens with zero attached hydrogens (tertiary/aromatic N) is 1. The topological polar surface area (TPSA) is 57.6 Å². The molecule has 4 nitrogen and oxygen atoms in total. The van der Waals surface area contributed by atoms with Gasteiger partial charge in [0.2, 0.25) is 5.91 Å². The summed E-state index contributed by atoms with van der Waals surface area (Å²) in [6, 6.07) is 0.0873. The fourth-order valence-corrected chi connectivity index (χ4v) is 2.24. The molecule has 1 rings (SSSR count). The fraction of sp³-hybridized carbons (Fsp3) is 0.800. The number of rotatable bonds is 5. The molecule has 0 saturated heterocycles. The van der Waals surface area contributed by atoms with Crippen LogP contribution in [0.15, 0.2) is 0 Å². The highest BCUT2D eigenvalue weighted by Crippen LogP contribution is 2.47. The quantitative estimate of drug-likeness (QED) is 0.719. The second-order valence-corrected chi connectivity index (χ2v) is 5.02. The summed E-state index contributed by atoms with van der Waals surface area (Å²) in [5, 5.41) is 8.98. The van der Waals surface area contributed by atoms with Gasteiger partial charge in [-0.25, -0.2) is 0 Å². The van der Waals surface area contributed by atoms with E-state index in [0.717, 1.165) is 5.75 Å². The smallest absolute Gasteiger partial charge is 0.319 e. The Morgan fingerprint density at radius 3 is 2.40 bits per heavy atom. The fourth-order valence-electron chi connectivity index (χ4n) is 1.53. The lowest BCUT2D eigenvalue weighted by Gasteiger charge is -2.27. The Kier molecular flexibility index (Phi) is 3.65. The van der Waals surface area contributed by atoms with E-state index in [2.05, 4.69) is 0 Å². The number of thioether (sulfide) groups is 1. The highest BCUT2D eigenvalue weighted by atomic mass is 32.2. The van der Waals surface area contributed by atoms with Crippen molar-refractivity contribution in [1.82, 2.24) is 4.90 Å². The molecule has 1 amide bonds. The van der Waals surface area contributed by atoms with Gasteiger partial charge in [-0.2, -0.15) is 11.8 Å². The van der Waals surface area contributed by atoms with Gasteiger partial charge in [0, 0.05) is 18.8 Å². The molecule has 1 fully saturated rings. The zero-order valence-electron chi connectivity index (χ0n) is 9.32. The van der Waals surface area contributed by atoms with Crippen LogP contribution in [0.2, 0.25) is 0 Å². The third-order valence-electron chi connectivity index (χ3n) is 2.96. The molecule has 1 atom stereocenters. The van der Waals surface area contributed by atoms with E-state index in [1.807, 2.05) is 13.2 Å². The second kappa shape index (κ2) is 4.43. The lowest BCUT2D eigenvalue weighted by atomic mass is 10.1. The summed E-state index contributed by atoms with van der Waals surface area (Å²) in [6.45, 7) is 1.94. The zero-order chi connectivity index (χ0) is 11.6. The first-order valence-electron chi connectivity index (χ1n) is 4.95. The van der Waals surface area contributed by atoms with Crippen LogP contribution in [0.5, 0.6) is 0 Å². The average Bonchev–Trinajstić information content (AvgIpc) is 2.96. The van der Waals surface area contributed by atoms with Crippen molar-refractivity contribution >= 4 is 23.6 Å². The number of aliphatic carboxylic acids is 1. The predicted octanol–water partition coefficient (Wildman–Crippen LogP) is 1.06. The number of carboxylic acid groups (broad SMARTS) is 1. The molecule has 0 spiro atoms. The first-order chi connectivity index (χ1) is 6.95. The lowest BCUT2D eigenvalue weighted by Crippen LogP contribution is -2.44. The maximum atomic E-state index is 11.9. The maximum absolute atomic E-state index is 11.9. The Balaban J connectivity index is 2.64. The first-order valence-corrected chi connectivity index (χ1v) is 6.34. The lowest BCUT2D eigenvalue weighted by molar-refractivity contribution is -0.153. The van der Waals surface area contributed by atoms with Gasteiger partial charge in [0.15, 0.2) is 0 Å². The highest BCUT2D eigenvalue weighted by molar-refractivity contribution is 7.98. The standard InChI is InChI=1S/C10H17NO3S/c1-7(6-15-3)11(2)8(12)10(4-5-10)9(13)14/h7H,4-6H2,1-3H3,(H,13,14). The number of amides is 1. The molecule has 15 heavy (non-hydrogen) atoms. The van der Waals surface area contributed by atoms with Crippen LogP contribution < -0.4 is 0 Å². The molecule has 0 aromatic carbocycles. The Labute approximate surface area is 94.0 Å². The van der Waals surface area contributed by atoms with Crippen LogP contribution in [0.1, 0.15) is 19.8 Å². The number of carboxylic acids is 1. The summed E-state index contributed by atoms with van der Waals surface area (Å²) in [5.41, 5.74) is -1.10. The van der Waals surface area contributed by atoms with Gasteiger partial charge in [-0.3, -0.25) is 9.59 Å². The SMILES string of the molecule is CSCC(C)N(C)C(=O)C1(C(=O)O)CC1. The molecular weight excluding hydrogens is 214 g/mol. The number of carbonyl (C=O) groups is 2. The van der Waals surface area contributed by atoms with Gasteiger partial charge in [-0.1, -0.05) is 0 Å². The average molecular weight is 231 g/mol. The second-order valence-electron chi connectivity index (χ2n) is 4.11. The summed E-state index contributed by atoms with van der Waals surface area (Å²) < 4.78 is 0. The maximum Gasteiger partial charge on any atom is 0.319 e. The summed E-state index contributed by atoms with van der Waals surface area (Å²) in [5.74, 6) is -0.384. The van der Waals surface area contributed by atoms with Crippen molar-refractivity contribution in [3.05, 3.63) is 0 Å². The van der Waals surface area contributed by atoms with Crippen LogP contribution >= 0.6 is 11.8 Å². The number of carbonyl (C=O) groups excluding carboxylic acids is 1. The molecule has 0 heterocycles. The molecule has 5 heteroatoms. The Morgan fingerprint density at radius 2 is 2.07 bits per heavy atom. The molecular formula is C10H17NO3S. The van der Waals surface area contributed by atoms with E-state index < -0.39 is 11.4 Å². The van der Waals surface area contributed by atoms with Gasteiger partial charge in [0.05, 0.1) is 0 Å². The van der Waals surface area contributed by atoms with Gasteiger partial charge in [0.25, 0.3) is 0 Å². The molecule has 0 bridgehead atoms. The molecule has 1 saturated carbocycles. The molecule has 0 aliphatic heterocycles. The molecule has 1 unspecified atom stereocenters. The van der Waals surface area contributed by atoms with Gasteiger partial charge in [0.1, 0.15) is 5.41 Å².